The lowest BCUT2D eigenvalue weighted by Gasteiger charge is -2.34. The van der Waals surface area contributed by atoms with E-state index in [1.54, 1.807) is 0 Å². The van der Waals surface area contributed by atoms with Crippen LogP contribution in [0.3, 0.4) is 0 Å². The number of carboxylic acid groups (broad SMARTS) is 1. The van der Waals surface area contributed by atoms with E-state index < -0.39 is 5.97 Å². The highest BCUT2D eigenvalue weighted by atomic mass is 35.5. The average Bonchev–Trinajstić information content (AvgIpc) is 1.85. The second kappa shape index (κ2) is 4.10. The van der Waals surface area contributed by atoms with Crippen LogP contribution in [0.5, 0.6) is 0 Å². The van der Waals surface area contributed by atoms with Crippen LogP contribution in [0.25, 0.3) is 0 Å². The molecule has 0 aliphatic carbocycles. The van der Waals surface area contributed by atoms with Crippen molar-refractivity contribution in [3.63, 3.8) is 0 Å². The molecule has 4 heteroatoms. The summed E-state index contributed by atoms with van der Waals surface area (Å²) in [6, 6.07) is -0.334. The van der Waals surface area contributed by atoms with E-state index in [1.165, 1.54) is 0 Å². The average molecular weight is 194 g/mol. The molecule has 12 heavy (non-hydrogen) atoms. The van der Waals surface area contributed by atoms with E-state index in [9.17, 15) is 4.79 Å². The molecule has 0 amide bonds. The number of rotatable bonds is 1. The van der Waals surface area contributed by atoms with Crippen LogP contribution in [0.1, 0.15) is 33.1 Å². The molecule has 0 aromatic carbocycles. The summed E-state index contributed by atoms with van der Waals surface area (Å²) in [4.78, 5) is 10.6. The summed E-state index contributed by atoms with van der Waals surface area (Å²) in [5, 5.41) is 11.8. The van der Waals surface area contributed by atoms with Crippen LogP contribution in [-0.2, 0) is 4.79 Å². The highest BCUT2D eigenvalue weighted by Gasteiger charge is 2.30. The number of nitrogens with one attached hydrogen (secondary N) is 1. The summed E-state index contributed by atoms with van der Waals surface area (Å²) in [5.74, 6) is -0.724. The molecule has 1 heterocycles. The molecule has 0 spiro atoms. The van der Waals surface area contributed by atoms with Crippen molar-refractivity contribution in [3.8, 4) is 0 Å². The number of hydrogen-bond donors (Lipinski definition) is 2. The molecule has 0 aromatic heterocycles. The molecule has 3 nitrogen and oxygen atoms in total. The number of piperidine rings is 1. The fraction of sp³-hybridized carbons (Fsp3) is 0.875. The van der Waals surface area contributed by atoms with Gasteiger partial charge in [-0.2, -0.15) is 0 Å². The number of halogens is 1. The van der Waals surface area contributed by atoms with Crippen LogP contribution >= 0.6 is 12.4 Å². The lowest BCUT2D eigenvalue weighted by Crippen LogP contribution is -2.52. The van der Waals surface area contributed by atoms with E-state index in [4.69, 9.17) is 5.11 Å². The van der Waals surface area contributed by atoms with Gasteiger partial charge in [-0.25, -0.2) is 0 Å². The van der Waals surface area contributed by atoms with Crippen LogP contribution in [0.15, 0.2) is 0 Å². The van der Waals surface area contributed by atoms with Gasteiger partial charge in [-0.15, -0.1) is 12.4 Å². The Labute approximate surface area is 78.9 Å². The molecule has 0 bridgehead atoms. The Morgan fingerprint density at radius 2 is 2.17 bits per heavy atom. The molecule has 1 rings (SSSR count). The third-order valence-corrected chi connectivity index (χ3v) is 2.16. The Morgan fingerprint density at radius 1 is 1.58 bits per heavy atom. The first-order chi connectivity index (χ1) is 5.01. The van der Waals surface area contributed by atoms with Gasteiger partial charge in [0.15, 0.2) is 0 Å². The van der Waals surface area contributed by atoms with Gasteiger partial charge in [0, 0.05) is 5.54 Å². The summed E-state index contributed by atoms with van der Waals surface area (Å²) >= 11 is 0. The third kappa shape index (κ3) is 2.99. The quantitative estimate of drug-likeness (QED) is 0.662. The number of carboxylic acids is 1. The Morgan fingerprint density at radius 3 is 2.50 bits per heavy atom. The molecule has 0 aromatic rings. The highest BCUT2D eigenvalue weighted by molar-refractivity contribution is 5.85. The van der Waals surface area contributed by atoms with Gasteiger partial charge in [0.05, 0.1) is 0 Å². The summed E-state index contributed by atoms with van der Waals surface area (Å²) < 4.78 is 0. The summed E-state index contributed by atoms with van der Waals surface area (Å²) in [6.45, 7) is 4.09. The van der Waals surface area contributed by atoms with Gasteiger partial charge in [0.1, 0.15) is 6.04 Å². The summed E-state index contributed by atoms with van der Waals surface area (Å²) in [5.41, 5.74) is 0.00130. The van der Waals surface area contributed by atoms with Crippen LogP contribution < -0.4 is 5.32 Å². The van der Waals surface area contributed by atoms with E-state index >= 15 is 0 Å². The second-order valence-corrected chi connectivity index (χ2v) is 3.81. The zero-order chi connectivity index (χ0) is 8.48. The molecule has 0 saturated carbocycles. The first kappa shape index (κ1) is 11.7. The standard InChI is InChI=1S/C8H15NO2.ClH/c1-8(2)5-3-4-6(9-8)7(10)11;/h6,9H,3-5H2,1-2H3,(H,10,11);1H. The number of hydrogen-bond acceptors (Lipinski definition) is 2. The zero-order valence-electron chi connectivity index (χ0n) is 7.46. The van der Waals surface area contributed by atoms with Gasteiger partial charge in [-0.05, 0) is 33.1 Å². The first-order valence-corrected chi connectivity index (χ1v) is 4.02. The zero-order valence-corrected chi connectivity index (χ0v) is 8.28. The molecular formula is C8H16ClNO2. The molecule has 1 atom stereocenters. The Bertz CT molecular complexity index is 170. The third-order valence-electron chi connectivity index (χ3n) is 2.16. The van der Waals surface area contributed by atoms with Gasteiger partial charge < -0.3 is 5.11 Å². The van der Waals surface area contributed by atoms with Crippen molar-refractivity contribution < 1.29 is 9.90 Å². The molecule has 1 fully saturated rings. The summed E-state index contributed by atoms with van der Waals surface area (Å²) in [7, 11) is 0. The van der Waals surface area contributed by atoms with Crippen LogP contribution in [0.2, 0.25) is 0 Å². The molecule has 0 radical (unpaired) electrons. The highest BCUT2D eigenvalue weighted by Crippen LogP contribution is 2.21. The second-order valence-electron chi connectivity index (χ2n) is 3.81. The van der Waals surface area contributed by atoms with E-state index in [1.807, 2.05) is 13.8 Å². The lowest BCUT2D eigenvalue weighted by molar-refractivity contribution is -0.140. The van der Waals surface area contributed by atoms with Crippen LogP contribution in [-0.4, -0.2) is 22.7 Å². The lowest BCUT2D eigenvalue weighted by atomic mass is 9.89. The first-order valence-electron chi connectivity index (χ1n) is 4.02. The van der Waals surface area contributed by atoms with Crippen LogP contribution in [0.4, 0.5) is 0 Å². The molecular weight excluding hydrogens is 178 g/mol. The van der Waals surface area contributed by atoms with Crippen molar-refractivity contribution in [1.29, 1.82) is 0 Å². The van der Waals surface area contributed by atoms with Crippen molar-refractivity contribution in [2.24, 2.45) is 0 Å². The molecule has 1 aliphatic rings. The summed E-state index contributed by atoms with van der Waals surface area (Å²) in [6.07, 6.45) is 2.84. The molecule has 1 unspecified atom stereocenters. The minimum absolute atomic E-state index is 0. The van der Waals surface area contributed by atoms with E-state index in [0.29, 0.717) is 0 Å². The van der Waals surface area contributed by atoms with Gasteiger partial charge in [0.25, 0.3) is 0 Å². The minimum atomic E-state index is -0.724. The topological polar surface area (TPSA) is 49.3 Å². The Balaban J connectivity index is 0.00000121. The van der Waals surface area contributed by atoms with Crippen molar-refractivity contribution in [2.75, 3.05) is 0 Å². The van der Waals surface area contributed by atoms with E-state index in [0.717, 1.165) is 19.3 Å². The van der Waals surface area contributed by atoms with Crippen molar-refractivity contribution in [1.82, 2.24) is 5.32 Å². The predicted molar refractivity (Wildman–Crippen MR) is 49.7 cm³/mol. The fourth-order valence-electron chi connectivity index (χ4n) is 1.55. The van der Waals surface area contributed by atoms with Gasteiger partial charge in [-0.1, -0.05) is 0 Å². The largest absolute Gasteiger partial charge is 0.480 e. The molecule has 72 valence electrons. The van der Waals surface area contributed by atoms with Crippen molar-refractivity contribution >= 4 is 18.4 Å². The minimum Gasteiger partial charge on any atom is -0.480 e. The Hall–Kier alpha value is -0.280. The van der Waals surface area contributed by atoms with Crippen molar-refractivity contribution in [3.05, 3.63) is 0 Å². The van der Waals surface area contributed by atoms with E-state index in [-0.39, 0.29) is 24.0 Å². The van der Waals surface area contributed by atoms with Crippen molar-refractivity contribution in [2.45, 2.75) is 44.7 Å². The monoisotopic (exact) mass is 193 g/mol. The molecule has 1 aliphatic heterocycles. The normalized spacial score (nSPS) is 27.3. The maximum absolute atomic E-state index is 10.6. The van der Waals surface area contributed by atoms with E-state index in [2.05, 4.69) is 5.32 Å². The maximum Gasteiger partial charge on any atom is 0.320 e. The van der Waals surface area contributed by atoms with Crippen LogP contribution in [0, 0.1) is 0 Å². The SMILES string of the molecule is CC1(C)CCCC(C(=O)O)N1.Cl. The molecule has 1 saturated heterocycles. The smallest absolute Gasteiger partial charge is 0.320 e. The molecule has 2 N–H and O–H groups in total. The van der Waals surface area contributed by atoms with Gasteiger partial charge in [0.2, 0.25) is 0 Å². The van der Waals surface area contributed by atoms with Gasteiger partial charge in [-0.3, -0.25) is 10.1 Å². The predicted octanol–water partition coefficient (Wildman–Crippen LogP) is 1.41. The maximum atomic E-state index is 10.6. The number of carbonyl (C=O) groups is 1. The Kier molecular flexibility index (Phi) is 4.00. The van der Waals surface area contributed by atoms with Gasteiger partial charge >= 0.3 is 5.97 Å². The number of aliphatic carboxylic acids is 1. The fourth-order valence-corrected chi connectivity index (χ4v) is 1.55.